The monoisotopic (exact) mass is 219 g/mol. The van der Waals surface area contributed by atoms with Crippen LogP contribution in [0.15, 0.2) is 12.1 Å². The van der Waals surface area contributed by atoms with Gasteiger partial charge in [0.15, 0.2) is 0 Å². The average Bonchev–Trinajstić information content (AvgIpc) is 2.42. The van der Waals surface area contributed by atoms with Crippen LogP contribution in [-0.4, -0.2) is 11.1 Å². The van der Waals surface area contributed by atoms with Crippen molar-refractivity contribution in [2.75, 3.05) is 6.61 Å². The Morgan fingerprint density at radius 1 is 1.91 bits per heavy atom. The molecule has 1 heterocycles. The van der Waals surface area contributed by atoms with E-state index in [1.54, 1.807) is 4.47 Å². The van der Waals surface area contributed by atoms with Crippen molar-refractivity contribution in [3.05, 3.63) is 17.5 Å². The maximum absolute atomic E-state index is 8.74. The molecular weight excluding hydrogens is 214 g/mol. The molecule has 0 aliphatic heterocycles. The summed E-state index contributed by atoms with van der Waals surface area (Å²) in [4.78, 5) is 8.74. The standard InChI is InChI=1S/C6H7OS.CO.Zn/c1-2-7-6-4-3-5-8-6;1-2;/h3-4H,2H2,1H3;;/q-1;;. The van der Waals surface area contributed by atoms with Crippen molar-refractivity contribution in [2.45, 2.75) is 6.92 Å². The van der Waals surface area contributed by atoms with Crippen LogP contribution < -0.4 is 4.74 Å². The Balaban J connectivity index is 0.000000292. The summed E-state index contributed by atoms with van der Waals surface area (Å²) >= 11 is 2.14. The molecule has 0 atom stereocenters. The van der Waals surface area contributed by atoms with Gasteiger partial charge in [-0.05, 0) is 6.92 Å². The van der Waals surface area contributed by atoms with E-state index in [0.717, 1.165) is 11.7 Å². The van der Waals surface area contributed by atoms with Crippen LogP contribution >= 0.6 is 11.3 Å². The van der Waals surface area contributed by atoms with Crippen LogP contribution in [0.5, 0.6) is 5.06 Å². The minimum atomic E-state index is 0.639. The van der Waals surface area contributed by atoms with Gasteiger partial charge in [-0.2, -0.15) is 12.1 Å². The van der Waals surface area contributed by atoms with Crippen LogP contribution in [0.4, 0.5) is 0 Å². The van der Waals surface area contributed by atoms with E-state index >= 15 is 0 Å². The van der Waals surface area contributed by atoms with Gasteiger partial charge in [0.1, 0.15) is 0 Å². The minimum absolute atomic E-state index is 0.639. The summed E-state index contributed by atoms with van der Waals surface area (Å²) in [7, 11) is 0. The fourth-order valence-corrected chi connectivity index (χ4v) is 1.01. The summed E-state index contributed by atoms with van der Waals surface area (Å²) in [5.74, 6) is 0. The molecular formula is C7H7O2SZn-. The number of rotatable bonds is 2. The van der Waals surface area contributed by atoms with E-state index in [2.05, 4.69) is 5.38 Å². The van der Waals surface area contributed by atoms with Gasteiger partial charge in [-0.1, -0.05) is 0 Å². The molecule has 1 aromatic heterocycles. The van der Waals surface area contributed by atoms with Crippen LogP contribution in [0.25, 0.3) is 0 Å². The molecule has 0 fully saturated rings. The second-order valence-corrected chi connectivity index (χ2v) is 2.90. The number of hydrogen-bond donors (Lipinski definition) is 0. The number of hydrogen-bond acceptors (Lipinski definition) is 3. The molecule has 2 nitrogen and oxygen atoms in total. The van der Waals surface area contributed by atoms with E-state index in [1.165, 1.54) is 11.3 Å². The Labute approximate surface area is 79.4 Å². The van der Waals surface area contributed by atoms with Crippen molar-refractivity contribution < 1.29 is 27.4 Å². The second-order valence-electron chi connectivity index (χ2n) is 1.45. The van der Waals surface area contributed by atoms with Crippen LogP contribution in [0, 0.1) is 5.38 Å². The van der Waals surface area contributed by atoms with E-state index in [9.17, 15) is 0 Å². The maximum atomic E-state index is 8.74. The van der Waals surface area contributed by atoms with Crippen molar-refractivity contribution in [3.8, 4) is 5.06 Å². The van der Waals surface area contributed by atoms with Crippen molar-refractivity contribution in [3.63, 3.8) is 0 Å². The zero-order valence-electron chi connectivity index (χ0n) is 6.29. The number of carbonyl (C=O) groups excluding carboxylic acids is 1. The van der Waals surface area contributed by atoms with Crippen LogP contribution in [0.1, 0.15) is 6.92 Å². The van der Waals surface area contributed by atoms with Gasteiger partial charge in [0.25, 0.3) is 0 Å². The van der Waals surface area contributed by atoms with E-state index in [0.29, 0.717) is 17.9 Å². The third kappa shape index (κ3) is 6.12. The van der Waals surface area contributed by atoms with Crippen LogP contribution in [0.3, 0.4) is 0 Å². The summed E-state index contributed by atoms with van der Waals surface area (Å²) in [6.07, 6.45) is 0. The summed E-state index contributed by atoms with van der Waals surface area (Å²) in [6.45, 7) is 2.72. The van der Waals surface area contributed by atoms with E-state index in [1.807, 2.05) is 19.1 Å². The molecule has 1 aromatic rings. The van der Waals surface area contributed by atoms with Gasteiger partial charge in [-0.3, -0.25) is 11.3 Å². The van der Waals surface area contributed by atoms with Gasteiger partial charge < -0.3 is 4.74 Å². The molecule has 0 N–H and O–H groups in total. The molecule has 56 valence electrons. The molecule has 0 aliphatic rings. The van der Waals surface area contributed by atoms with Crippen molar-refractivity contribution >= 4 is 15.8 Å². The molecule has 0 saturated heterocycles. The first kappa shape index (κ1) is 10.7. The third-order valence-electron chi connectivity index (χ3n) is 0.734. The quantitative estimate of drug-likeness (QED) is 0.558. The SMILES string of the molecule is CCOc1cc[c-]s1.O=[C]=[Zn]. The summed E-state index contributed by atoms with van der Waals surface area (Å²) in [6, 6.07) is 3.77. The van der Waals surface area contributed by atoms with Gasteiger partial charge in [-0.25, -0.2) is 0 Å². The fraction of sp³-hybridized carbons (Fsp3) is 0.286. The Bertz CT molecular complexity index is 202. The summed E-state index contributed by atoms with van der Waals surface area (Å²) in [5.41, 5.74) is 0. The molecule has 0 bridgehead atoms. The van der Waals surface area contributed by atoms with Crippen molar-refractivity contribution in [2.24, 2.45) is 0 Å². The first-order chi connectivity index (χ1) is 5.35. The Morgan fingerprint density at radius 2 is 2.55 bits per heavy atom. The van der Waals surface area contributed by atoms with E-state index in [4.69, 9.17) is 9.53 Å². The first-order valence-corrected chi connectivity index (χ1v) is 5.38. The Morgan fingerprint density at radius 3 is 2.91 bits per heavy atom. The Kier molecular flexibility index (Phi) is 7.60. The number of ether oxygens (including phenoxy) is 1. The molecule has 4 heteroatoms. The van der Waals surface area contributed by atoms with Gasteiger partial charge >= 0.3 is 27.1 Å². The zero-order chi connectivity index (χ0) is 8.53. The molecule has 1 rings (SSSR count). The van der Waals surface area contributed by atoms with Crippen molar-refractivity contribution in [1.29, 1.82) is 0 Å². The van der Waals surface area contributed by atoms with Crippen LogP contribution in [0.2, 0.25) is 0 Å². The number of thiophene rings is 1. The topological polar surface area (TPSA) is 26.3 Å². The fourth-order valence-electron chi connectivity index (χ4n) is 0.448. The van der Waals surface area contributed by atoms with Gasteiger partial charge in [-0.15, -0.1) is 5.38 Å². The molecule has 0 unspecified atom stereocenters. The van der Waals surface area contributed by atoms with E-state index < -0.39 is 0 Å². The zero-order valence-corrected chi connectivity index (χ0v) is 10.1. The van der Waals surface area contributed by atoms with E-state index in [-0.39, 0.29) is 0 Å². The normalized spacial score (nSPS) is 7.55. The molecule has 0 radical (unpaired) electrons. The van der Waals surface area contributed by atoms with Crippen molar-refractivity contribution in [1.82, 2.24) is 0 Å². The second kappa shape index (κ2) is 7.81. The summed E-state index contributed by atoms with van der Waals surface area (Å²) in [5, 5.41) is 3.88. The molecule has 0 aliphatic carbocycles. The van der Waals surface area contributed by atoms with Crippen LogP contribution in [-0.2, 0) is 22.6 Å². The first-order valence-electron chi connectivity index (χ1n) is 3.08. The van der Waals surface area contributed by atoms with Gasteiger partial charge in [0, 0.05) is 5.06 Å². The predicted molar refractivity (Wildman–Crippen MR) is 40.0 cm³/mol. The molecule has 0 saturated carbocycles. The molecule has 0 amide bonds. The predicted octanol–water partition coefficient (Wildman–Crippen LogP) is 1.55. The molecule has 11 heavy (non-hydrogen) atoms. The van der Waals surface area contributed by atoms with Gasteiger partial charge in [0.05, 0.1) is 6.61 Å². The summed E-state index contributed by atoms with van der Waals surface area (Å²) < 4.78 is 6.76. The third-order valence-corrected chi connectivity index (χ3v) is 1.44. The van der Waals surface area contributed by atoms with Gasteiger partial charge in [0.2, 0.25) is 0 Å². The Hall–Kier alpha value is -0.297. The average molecular weight is 221 g/mol. The molecule has 0 aromatic carbocycles. The molecule has 0 spiro atoms.